The van der Waals surface area contributed by atoms with Gasteiger partial charge in [0.2, 0.25) is 17.7 Å². The Bertz CT molecular complexity index is 1090. The lowest BCUT2D eigenvalue weighted by Gasteiger charge is -2.34. The van der Waals surface area contributed by atoms with Gasteiger partial charge in [-0.1, -0.05) is 62.9 Å². The number of carbonyl (C=O) groups is 3. The van der Waals surface area contributed by atoms with Crippen LogP contribution in [0.15, 0.2) is 36.4 Å². The van der Waals surface area contributed by atoms with Crippen LogP contribution < -0.4 is 10.6 Å². The number of ether oxygens (including phenoxy) is 1. The fourth-order valence-corrected chi connectivity index (χ4v) is 7.02. The standard InChI is InChI=1S/C29H39ClN4O4/c1-3-33(4-2)16-9-17-34-25(27(36)31-20-11-6-5-7-12-20)29-15-14-22(38-29)23(24(29)28(34)37)26(35)32-21-13-8-10-19(30)18-21/h8,10,13-15,18,20,22-25H,3-7,9,11-12,16-17H2,1-2H3,(H,31,36)(H,32,35). The third-order valence-corrected chi connectivity index (χ3v) is 8.97. The Kier molecular flexibility index (Phi) is 8.12. The van der Waals surface area contributed by atoms with Crippen LogP contribution in [0.4, 0.5) is 5.69 Å². The molecule has 3 heterocycles. The average Bonchev–Trinajstić information content (AvgIpc) is 3.54. The highest BCUT2D eigenvalue weighted by Crippen LogP contribution is 2.55. The van der Waals surface area contributed by atoms with E-state index in [4.69, 9.17) is 16.3 Å². The number of nitrogens with zero attached hydrogens (tertiary/aromatic N) is 2. The van der Waals surface area contributed by atoms with Crippen molar-refractivity contribution in [2.75, 3.05) is 31.5 Å². The number of benzene rings is 1. The zero-order chi connectivity index (χ0) is 26.9. The van der Waals surface area contributed by atoms with Crippen LogP contribution in [0.25, 0.3) is 0 Å². The molecule has 2 saturated heterocycles. The van der Waals surface area contributed by atoms with Crippen LogP contribution >= 0.6 is 11.6 Å². The Morgan fingerprint density at radius 2 is 1.92 bits per heavy atom. The van der Waals surface area contributed by atoms with Gasteiger partial charge in [0, 0.05) is 23.3 Å². The van der Waals surface area contributed by atoms with Gasteiger partial charge < -0.3 is 25.2 Å². The Balaban J connectivity index is 1.40. The van der Waals surface area contributed by atoms with E-state index in [1.807, 2.05) is 12.2 Å². The third-order valence-electron chi connectivity index (χ3n) is 8.74. The van der Waals surface area contributed by atoms with E-state index >= 15 is 0 Å². The molecule has 3 aliphatic heterocycles. The molecule has 4 aliphatic rings. The first-order valence-electron chi connectivity index (χ1n) is 14.1. The second kappa shape index (κ2) is 11.4. The van der Waals surface area contributed by atoms with Gasteiger partial charge in [-0.25, -0.2) is 0 Å². The second-order valence-corrected chi connectivity index (χ2v) is 11.4. The van der Waals surface area contributed by atoms with Gasteiger partial charge in [0.25, 0.3) is 0 Å². The SMILES string of the molecule is CCN(CC)CCCN1C(=O)C2C(C(=O)Nc3cccc(Cl)c3)C3C=CC2(O3)C1C(=O)NC1CCCCC1. The van der Waals surface area contributed by atoms with Crippen molar-refractivity contribution in [1.29, 1.82) is 0 Å². The van der Waals surface area contributed by atoms with E-state index in [0.29, 0.717) is 17.3 Å². The number of halogens is 1. The van der Waals surface area contributed by atoms with Crippen LogP contribution in [0, 0.1) is 11.8 Å². The molecular formula is C29H39ClN4O4. The molecule has 3 fully saturated rings. The molecule has 1 saturated carbocycles. The van der Waals surface area contributed by atoms with Crippen LogP contribution in [0.5, 0.6) is 0 Å². The largest absolute Gasteiger partial charge is 0.359 e. The van der Waals surface area contributed by atoms with Crippen LogP contribution in [0.3, 0.4) is 0 Å². The molecule has 2 N–H and O–H groups in total. The number of hydrogen-bond donors (Lipinski definition) is 2. The summed E-state index contributed by atoms with van der Waals surface area (Å²) in [6.45, 7) is 7.39. The van der Waals surface area contributed by atoms with Crippen molar-refractivity contribution < 1.29 is 19.1 Å². The summed E-state index contributed by atoms with van der Waals surface area (Å²) in [4.78, 5) is 45.4. The van der Waals surface area contributed by atoms with Crippen molar-refractivity contribution in [2.24, 2.45) is 11.8 Å². The molecule has 38 heavy (non-hydrogen) atoms. The predicted molar refractivity (Wildman–Crippen MR) is 147 cm³/mol. The summed E-state index contributed by atoms with van der Waals surface area (Å²) in [5, 5.41) is 6.68. The zero-order valence-electron chi connectivity index (χ0n) is 22.3. The van der Waals surface area contributed by atoms with Gasteiger partial charge in [-0.15, -0.1) is 0 Å². The summed E-state index contributed by atoms with van der Waals surface area (Å²) >= 11 is 6.11. The number of likely N-dealkylation sites (tertiary alicyclic amines) is 1. The minimum Gasteiger partial charge on any atom is -0.359 e. The number of fused-ring (bicyclic) bond motifs is 1. The summed E-state index contributed by atoms with van der Waals surface area (Å²) in [6.07, 6.45) is 9.21. The first-order valence-corrected chi connectivity index (χ1v) is 14.5. The maximum Gasteiger partial charge on any atom is 0.246 e. The molecule has 1 aromatic carbocycles. The van der Waals surface area contributed by atoms with E-state index in [-0.39, 0.29) is 23.8 Å². The Hall–Kier alpha value is -2.42. The number of nitrogens with one attached hydrogen (secondary N) is 2. The minimum absolute atomic E-state index is 0.115. The van der Waals surface area contributed by atoms with E-state index in [1.54, 1.807) is 29.2 Å². The molecule has 206 valence electrons. The van der Waals surface area contributed by atoms with Gasteiger partial charge in [-0.2, -0.15) is 0 Å². The number of carbonyl (C=O) groups excluding carboxylic acids is 3. The van der Waals surface area contributed by atoms with E-state index in [1.165, 1.54) is 6.42 Å². The van der Waals surface area contributed by atoms with Crippen LogP contribution in [-0.2, 0) is 19.1 Å². The molecule has 0 aromatic heterocycles. The molecule has 0 radical (unpaired) electrons. The minimum atomic E-state index is -1.13. The van der Waals surface area contributed by atoms with E-state index in [2.05, 4.69) is 29.4 Å². The molecule has 5 rings (SSSR count). The third kappa shape index (κ3) is 4.98. The summed E-state index contributed by atoms with van der Waals surface area (Å²) in [5.41, 5.74) is -0.567. The van der Waals surface area contributed by atoms with Crippen LogP contribution in [-0.4, -0.2) is 77.5 Å². The fourth-order valence-electron chi connectivity index (χ4n) is 6.83. The van der Waals surface area contributed by atoms with Crippen molar-refractivity contribution in [3.63, 3.8) is 0 Å². The van der Waals surface area contributed by atoms with Crippen molar-refractivity contribution in [1.82, 2.24) is 15.1 Å². The summed E-state index contributed by atoms with van der Waals surface area (Å²) in [6, 6.07) is 6.27. The lowest BCUT2D eigenvalue weighted by atomic mass is 9.74. The van der Waals surface area contributed by atoms with Gasteiger partial charge in [0.15, 0.2) is 0 Å². The molecule has 1 aliphatic carbocycles. The number of anilines is 1. The first-order chi connectivity index (χ1) is 18.4. The van der Waals surface area contributed by atoms with Gasteiger partial charge in [0.05, 0.1) is 17.9 Å². The van der Waals surface area contributed by atoms with Crippen LogP contribution in [0.1, 0.15) is 52.4 Å². The molecule has 1 spiro atoms. The van der Waals surface area contributed by atoms with Crippen molar-refractivity contribution >= 4 is 35.0 Å². The van der Waals surface area contributed by atoms with Crippen molar-refractivity contribution in [3.8, 4) is 0 Å². The molecule has 3 amide bonds. The quantitative estimate of drug-likeness (QED) is 0.441. The fraction of sp³-hybridized carbons (Fsp3) is 0.621. The Labute approximate surface area is 230 Å². The first kappa shape index (κ1) is 27.2. The van der Waals surface area contributed by atoms with E-state index < -0.39 is 29.6 Å². The number of hydrogen-bond acceptors (Lipinski definition) is 5. The lowest BCUT2D eigenvalue weighted by molar-refractivity contribution is -0.141. The summed E-state index contributed by atoms with van der Waals surface area (Å²) in [7, 11) is 0. The maximum atomic E-state index is 14.0. The molecule has 9 heteroatoms. The smallest absolute Gasteiger partial charge is 0.246 e. The molecule has 5 unspecified atom stereocenters. The van der Waals surface area contributed by atoms with Gasteiger partial charge in [-0.3, -0.25) is 14.4 Å². The van der Waals surface area contributed by atoms with E-state index in [9.17, 15) is 14.4 Å². The Morgan fingerprint density at radius 3 is 2.63 bits per heavy atom. The lowest BCUT2D eigenvalue weighted by Crippen LogP contribution is -2.56. The topological polar surface area (TPSA) is 91.0 Å². The monoisotopic (exact) mass is 542 g/mol. The van der Waals surface area contributed by atoms with Gasteiger partial charge in [-0.05, 0) is 57.1 Å². The van der Waals surface area contributed by atoms with Gasteiger partial charge in [0.1, 0.15) is 11.6 Å². The van der Waals surface area contributed by atoms with Crippen LogP contribution in [0.2, 0.25) is 5.02 Å². The highest BCUT2D eigenvalue weighted by molar-refractivity contribution is 6.30. The molecular weight excluding hydrogens is 504 g/mol. The average molecular weight is 543 g/mol. The van der Waals surface area contributed by atoms with Crippen molar-refractivity contribution in [3.05, 3.63) is 41.4 Å². The molecule has 2 bridgehead atoms. The predicted octanol–water partition coefficient (Wildman–Crippen LogP) is 3.61. The second-order valence-electron chi connectivity index (χ2n) is 11.0. The van der Waals surface area contributed by atoms with E-state index in [0.717, 1.165) is 51.7 Å². The highest BCUT2D eigenvalue weighted by atomic mass is 35.5. The normalized spacial score (nSPS) is 30.2. The zero-order valence-corrected chi connectivity index (χ0v) is 23.1. The molecule has 8 nitrogen and oxygen atoms in total. The highest BCUT2D eigenvalue weighted by Gasteiger charge is 2.72. The van der Waals surface area contributed by atoms with Crippen molar-refractivity contribution in [2.45, 2.75) is 76.2 Å². The molecule has 5 atom stereocenters. The number of amides is 3. The Morgan fingerprint density at radius 1 is 1.16 bits per heavy atom. The summed E-state index contributed by atoms with van der Waals surface area (Å²) < 4.78 is 6.44. The summed E-state index contributed by atoms with van der Waals surface area (Å²) in [5.74, 6) is -2.10. The number of rotatable bonds is 10. The maximum absolute atomic E-state index is 14.0. The molecule has 1 aromatic rings. The van der Waals surface area contributed by atoms with Gasteiger partial charge >= 0.3 is 0 Å².